The number of hydrogen-bond donors (Lipinski definition) is 0. The number of hydrogen-bond acceptors (Lipinski definition) is 2. The number of rotatable bonds is 5. The van der Waals surface area contributed by atoms with Gasteiger partial charge in [0.1, 0.15) is 0 Å². The van der Waals surface area contributed by atoms with E-state index in [-0.39, 0.29) is 6.10 Å². The topological polar surface area (TPSA) is 18.5 Å². The summed E-state index contributed by atoms with van der Waals surface area (Å²) in [5.74, 6) is 0. The third kappa shape index (κ3) is 4.90. The van der Waals surface area contributed by atoms with E-state index in [0.717, 1.165) is 25.0 Å². The molecule has 1 heterocycles. The van der Waals surface area contributed by atoms with Gasteiger partial charge in [-0.3, -0.25) is 0 Å². The summed E-state index contributed by atoms with van der Waals surface area (Å²) < 4.78 is 11.9. The molecule has 0 aromatic carbocycles. The Labute approximate surface area is 120 Å². The lowest BCUT2D eigenvalue weighted by Crippen LogP contribution is -2.41. The Morgan fingerprint density at radius 2 is 2.05 bits per heavy atom. The second-order valence-electron chi connectivity index (χ2n) is 7.05. The van der Waals surface area contributed by atoms with Crippen LogP contribution in [0.25, 0.3) is 0 Å². The maximum absolute atomic E-state index is 6.18. The molecule has 0 aromatic rings. The fourth-order valence-corrected chi connectivity index (χ4v) is 2.85. The Morgan fingerprint density at radius 3 is 2.58 bits per heavy atom. The quantitative estimate of drug-likeness (QED) is 0.538. The summed E-state index contributed by atoms with van der Waals surface area (Å²) in [6.45, 7) is 19.1. The first-order chi connectivity index (χ1) is 8.63. The summed E-state index contributed by atoms with van der Waals surface area (Å²) in [4.78, 5) is 0. The van der Waals surface area contributed by atoms with E-state index >= 15 is 0 Å². The second kappa shape index (κ2) is 6.38. The molecule has 0 saturated heterocycles. The highest BCUT2D eigenvalue weighted by atomic mass is 28.4. The summed E-state index contributed by atoms with van der Waals surface area (Å²) in [5, 5.41) is 0.294. The van der Waals surface area contributed by atoms with E-state index in [1.54, 1.807) is 0 Å². The second-order valence-corrected chi connectivity index (χ2v) is 11.9. The van der Waals surface area contributed by atoms with Crippen molar-refractivity contribution in [1.29, 1.82) is 0 Å². The lowest BCUT2D eigenvalue weighted by molar-refractivity contribution is 0.0854. The van der Waals surface area contributed by atoms with Crippen LogP contribution < -0.4 is 0 Å². The van der Waals surface area contributed by atoms with Gasteiger partial charge in [-0.1, -0.05) is 33.4 Å². The van der Waals surface area contributed by atoms with E-state index in [4.69, 9.17) is 9.16 Å². The first-order valence-electron chi connectivity index (χ1n) is 7.25. The molecular weight excluding hydrogens is 252 g/mol. The van der Waals surface area contributed by atoms with E-state index in [0.29, 0.717) is 11.6 Å². The highest BCUT2D eigenvalue weighted by Gasteiger charge is 2.36. The maximum Gasteiger partial charge on any atom is 0.191 e. The third-order valence-electron chi connectivity index (χ3n) is 4.37. The minimum atomic E-state index is -1.59. The Morgan fingerprint density at radius 1 is 1.42 bits per heavy atom. The molecule has 0 radical (unpaired) electrons. The van der Waals surface area contributed by atoms with Crippen LogP contribution in [0.5, 0.6) is 0 Å². The van der Waals surface area contributed by atoms with Gasteiger partial charge in [-0.2, -0.15) is 0 Å². The minimum absolute atomic E-state index is 0.244. The molecule has 1 atom stereocenters. The normalized spacial score (nSPS) is 21.5. The van der Waals surface area contributed by atoms with E-state index in [1.165, 1.54) is 5.57 Å². The number of ether oxygens (including phenoxy) is 1. The lowest BCUT2D eigenvalue weighted by atomic mass is 10.0. The van der Waals surface area contributed by atoms with Crippen molar-refractivity contribution in [1.82, 2.24) is 0 Å². The molecule has 0 N–H and O–H groups in total. The van der Waals surface area contributed by atoms with Crippen LogP contribution in [-0.2, 0) is 9.16 Å². The van der Waals surface area contributed by atoms with Gasteiger partial charge in [-0.15, -0.1) is 0 Å². The molecule has 1 rings (SSSR count). The molecule has 0 fully saturated rings. The van der Waals surface area contributed by atoms with Crippen molar-refractivity contribution < 1.29 is 9.16 Å². The third-order valence-corrected chi connectivity index (χ3v) is 8.91. The molecule has 3 heteroatoms. The lowest BCUT2D eigenvalue weighted by Gasteiger charge is -2.36. The smallest absolute Gasteiger partial charge is 0.191 e. The van der Waals surface area contributed by atoms with Gasteiger partial charge in [-0.05, 0) is 49.0 Å². The molecule has 0 spiro atoms. The average molecular weight is 282 g/mol. The molecule has 0 aliphatic carbocycles. The molecule has 1 aliphatic heterocycles. The summed E-state index contributed by atoms with van der Waals surface area (Å²) in [7, 11) is -1.59. The molecule has 1 unspecified atom stereocenters. The van der Waals surface area contributed by atoms with Gasteiger partial charge < -0.3 is 9.16 Å². The average Bonchev–Trinajstić information content (AvgIpc) is 2.27. The molecule has 0 aromatic heterocycles. The van der Waals surface area contributed by atoms with Gasteiger partial charge in [0.25, 0.3) is 0 Å². The molecule has 1 aliphatic rings. The summed E-state index contributed by atoms with van der Waals surface area (Å²) in [6.07, 6.45) is 4.54. The van der Waals surface area contributed by atoms with Crippen LogP contribution in [0.1, 0.15) is 40.5 Å². The molecule has 19 heavy (non-hydrogen) atoms. The van der Waals surface area contributed by atoms with E-state index < -0.39 is 8.32 Å². The van der Waals surface area contributed by atoms with Gasteiger partial charge in [0, 0.05) is 6.61 Å². The summed E-state index contributed by atoms with van der Waals surface area (Å²) in [5.41, 5.74) is 2.38. The Bertz CT molecular complexity index is 350. The minimum Gasteiger partial charge on any atom is -0.417 e. The Balaban J connectivity index is 2.31. The van der Waals surface area contributed by atoms with Crippen molar-refractivity contribution >= 4 is 8.32 Å². The molecule has 110 valence electrons. The van der Waals surface area contributed by atoms with Gasteiger partial charge in [0.15, 0.2) is 8.32 Å². The molecule has 2 nitrogen and oxygen atoms in total. The van der Waals surface area contributed by atoms with Crippen LogP contribution in [0.15, 0.2) is 23.8 Å². The van der Waals surface area contributed by atoms with Gasteiger partial charge in [0.05, 0.1) is 12.7 Å². The Hall–Kier alpha value is -0.383. The van der Waals surface area contributed by atoms with Crippen molar-refractivity contribution in [3.63, 3.8) is 0 Å². The predicted molar refractivity (Wildman–Crippen MR) is 85.0 cm³/mol. The van der Waals surface area contributed by atoms with Crippen molar-refractivity contribution in [2.45, 2.75) is 64.8 Å². The van der Waals surface area contributed by atoms with Crippen LogP contribution in [0, 0.1) is 0 Å². The SMILES string of the molecule is C=C1COC(CCCO[Si](C)(C)C(C)(C)C)C=C1C. The fraction of sp³-hybridized carbons (Fsp3) is 0.750. The highest BCUT2D eigenvalue weighted by molar-refractivity contribution is 6.74. The molecule has 0 amide bonds. The zero-order valence-corrected chi connectivity index (χ0v) is 14.5. The molecule has 0 bridgehead atoms. The van der Waals surface area contributed by atoms with Crippen LogP contribution in [0.2, 0.25) is 18.1 Å². The largest absolute Gasteiger partial charge is 0.417 e. The van der Waals surface area contributed by atoms with Crippen molar-refractivity contribution in [2.24, 2.45) is 0 Å². The van der Waals surface area contributed by atoms with Crippen LogP contribution >= 0.6 is 0 Å². The van der Waals surface area contributed by atoms with Crippen molar-refractivity contribution in [3.8, 4) is 0 Å². The van der Waals surface area contributed by atoms with Crippen LogP contribution in [0.3, 0.4) is 0 Å². The zero-order chi connectivity index (χ0) is 14.7. The first-order valence-corrected chi connectivity index (χ1v) is 10.2. The summed E-state index contributed by atoms with van der Waals surface area (Å²) in [6, 6.07) is 0. The van der Waals surface area contributed by atoms with Gasteiger partial charge >= 0.3 is 0 Å². The van der Waals surface area contributed by atoms with Gasteiger partial charge in [0.2, 0.25) is 0 Å². The van der Waals surface area contributed by atoms with Gasteiger partial charge in [-0.25, -0.2) is 0 Å². The monoisotopic (exact) mass is 282 g/mol. The zero-order valence-electron chi connectivity index (χ0n) is 13.5. The highest BCUT2D eigenvalue weighted by Crippen LogP contribution is 2.36. The summed E-state index contributed by atoms with van der Waals surface area (Å²) >= 11 is 0. The Kier molecular flexibility index (Phi) is 5.60. The van der Waals surface area contributed by atoms with Crippen molar-refractivity contribution in [3.05, 3.63) is 23.8 Å². The standard InChI is InChI=1S/C16H30O2Si/c1-13-11-15(17-12-14(13)2)9-8-10-18-19(6,7)16(3,4)5/h11,15H,2,8-10,12H2,1,3-7H3. The van der Waals surface area contributed by atoms with E-state index in [2.05, 4.69) is 53.4 Å². The molecular formula is C16H30O2Si. The van der Waals surface area contributed by atoms with Crippen LogP contribution in [-0.4, -0.2) is 27.6 Å². The first kappa shape index (κ1) is 16.7. The van der Waals surface area contributed by atoms with E-state index in [1.807, 2.05) is 0 Å². The van der Waals surface area contributed by atoms with Crippen molar-refractivity contribution in [2.75, 3.05) is 13.2 Å². The predicted octanol–water partition coefficient (Wildman–Crippen LogP) is 4.69. The van der Waals surface area contributed by atoms with Crippen LogP contribution in [0.4, 0.5) is 0 Å². The molecule has 0 saturated carbocycles. The fourth-order valence-electron chi connectivity index (χ4n) is 1.76. The van der Waals surface area contributed by atoms with E-state index in [9.17, 15) is 0 Å². The maximum atomic E-state index is 6.18.